The molecule has 114 valence electrons. The number of amidine groups is 1. The van der Waals surface area contributed by atoms with Crippen molar-refractivity contribution in [1.82, 2.24) is 15.6 Å². The van der Waals surface area contributed by atoms with Crippen LogP contribution in [0.1, 0.15) is 22.3 Å². The summed E-state index contributed by atoms with van der Waals surface area (Å²) in [6.45, 7) is 3.78. The van der Waals surface area contributed by atoms with Crippen molar-refractivity contribution in [2.45, 2.75) is 6.42 Å². The van der Waals surface area contributed by atoms with Crippen molar-refractivity contribution in [3.05, 3.63) is 84.5 Å². The number of rotatable bonds is 4. The molecular weight excluding hydrogens is 288 g/mol. The molecule has 0 saturated heterocycles. The quantitative estimate of drug-likeness (QED) is 0.912. The van der Waals surface area contributed by atoms with E-state index >= 15 is 0 Å². The lowest BCUT2D eigenvalue weighted by molar-refractivity contribution is 0.0965. The highest BCUT2D eigenvalue weighted by atomic mass is 16.1. The topological polar surface area (TPSA) is 66.4 Å². The van der Waals surface area contributed by atoms with Crippen LogP contribution >= 0.6 is 0 Å². The summed E-state index contributed by atoms with van der Waals surface area (Å²) in [5.74, 6) is 0.770. The fourth-order valence-electron chi connectivity index (χ4n) is 2.23. The monoisotopic (exact) mass is 304 g/mol. The van der Waals surface area contributed by atoms with Crippen LogP contribution in [-0.2, 0) is 0 Å². The zero-order valence-corrected chi connectivity index (χ0v) is 12.5. The lowest BCUT2D eigenvalue weighted by Crippen LogP contribution is -2.23. The van der Waals surface area contributed by atoms with Gasteiger partial charge in [0.1, 0.15) is 11.7 Å². The lowest BCUT2D eigenvalue weighted by atomic mass is 10.2. The largest absolute Gasteiger partial charge is 0.343 e. The van der Waals surface area contributed by atoms with Crippen molar-refractivity contribution >= 4 is 17.4 Å². The number of aliphatic imine (C=N–C) groups is 1. The fraction of sp³-hybridized carbons (Fsp3) is 0.0556. The van der Waals surface area contributed by atoms with Gasteiger partial charge in [-0.2, -0.15) is 0 Å². The lowest BCUT2D eigenvalue weighted by Gasteiger charge is -2.07. The van der Waals surface area contributed by atoms with E-state index in [0.29, 0.717) is 17.8 Å². The molecule has 3 rings (SSSR count). The van der Waals surface area contributed by atoms with Crippen LogP contribution in [-0.4, -0.2) is 16.7 Å². The van der Waals surface area contributed by atoms with Crippen LogP contribution in [0.25, 0.3) is 5.70 Å². The molecule has 1 aromatic carbocycles. The van der Waals surface area contributed by atoms with Gasteiger partial charge in [0.2, 0.25) is 0 Å². The van der Waals surface area contributed by atoms with Gasteiger partial charge in [0.05, 0.1) is 5.56 Å². The molecule has 1 amide bonds. The first kappa shape index (κ1) is 14.7. The van der Waals surface area contributed by atoms with E-state index in [0.717, 1.165) is 17.1 Å². The summed E-state index contributed by atoms with van der Waals surface area (Å²) in [5.41, 5.74) is 2.58. The molecule has 1 aliphatic heterocycles. The van der Waals surface area contributed by atoms with Crippen molar-refractivity contribution < 1.29 is 4.79 Å². The molecule has 1 aliphatic rings. The number of benzene rings is 1. The third kappa shape index (κ3) is 3.71. The van der Waals surface area contributed by atoms with E-state index in [2.05, 4.69) is 33.3 Å². The first-order valence-corrected chi connectivity index (χ1v) is 7.23. The number of carbonyl (C=O) groups is 1. The molecule has 1 aromatic heterocycles. The van der Waals surface area contributed by atoms with Crippen molar-refractivity contribution in [3.8, 4) is 0 Å². The predicted molar refractivity (Wildman–Crippen MR) is 90.4 cm³/mol. The van der Waals surface area contributed by atoms with E-state index in [1.807, 2.05) is 30.3 Å². The maximum Gasteiger partial charge on any atom is 0.258 e. The number of nitrogens with one attached hydrogen (secondary N) is 2. The van der Waals surface area contributed by atoms with E-state index in [-0.39, 0.29) is 5.91 Å². The number of nitrogens with zero attached hydrogens (tertiary/aromatic N) is 2. The molecule has 0 saturated carbocycles. The van der Waals surface area contributed by atoms with Crippen molar-refractivity contribution in [1.29, 1.82) is 0 Å². The molecule has 5 heteroatoms. The first-order chi connectivity index (χ1) is 11.2. The highest BCUT2D eigenvalue weighted by molar-refractivity contribution is 5.98. The molecule has 0 radical (unpaired) electrons. The Morgan fingerprint density at radius 2 is 2.04 bits per heavy atom. The number of pyridine rings is 1. The summed E-state index contributed by atoms with van der Waals surface area (Å²) in [6.07, 6.45) is 5.85. The molecule has 23 heavy (non-hydrogen) atoms. The smallest absolute Gasteiger partial charge is 0.258 e. The molecule has 2 heterocycles. The van der Waals surface area contributed by atoms with Gasteiger partial charge in [0.15, 0.2) is 0 Å². The minimum atomic E-state index is -0.276. The summed E-state index contributed by atoms with van der Waals surface area (Å²) >= 11 is 0. The molecule has 5 nitrogen and oxygen atoms in total. The number of amides is 1. The number of hydrogen-bond donors (Lipinski definition) is 2. The first-order valence-electron chi connectivity index (χ1n) is 7.23. The van der Waals surface area contributed by atoms with Crippen LogP contribution in [0, 0.1) is 0 Å². The molecule has 0 spiro atoms. The second kappa shape index (κ2) is 6.70. The highest BCUT2D eigenvalue weighted by Gasteiger charge is 2.13. The fourth-order valence-corrected chi connectivity index (χ4v) is 2.23. The molecule has 2 aromatic rings. The van der Waals surface area contributed by atoms with Gasteiger partial charge in [-0.1, -0.05) is 43.0 Å². The van der Waals surface area contributed by atoms with Gasteiger partial charge in [-0.15, -0.1) is 0 Å². The van der Waals surface area contributed by atoms with E-state index < -0.39 is 0 Å². The van der Waals surface area contributed by atoms with Crippen molar-refractivity contribution in [2.24, 2.45) is 4.99 Å². The standard InChI is InChI=1S/C18H16N4O/c1-13(21-18(23)15-8-5-11-19-12-15)20-17-10-9-16(22-17)14-6-3-2-4-7-14/h2-9,11-12H,1,10H2,(H,20,22)(H,21,23). The maximum absolute atomic E-state index is 12.0. The maximum atomic E-state index is 12.0. The van der Waals surface area contributed by atoms with Gasteiger partial charge < -0.3 is 10.6 Å². The molecule has 0 aliphatic carbocycles. The van der Waals surface area contributed by atoms with E-state index in [4.69, 9.17) is 0 Å². The van der Waals surface area contributed by atoms with Gasteiger partial charge in [-0.3, -0.25) is 9.78 Å². The van der Waals surface area contributed by atoms with Gasteiger partial charge in [-0.05, 0) is 17.7 Å². The Bertz CT molecular complexity index is 779. The molecule has 2 N–H and O–H groups in total. The Hall–Kier alpha value is -3.21. The zero-order chi connectivity index (χ0) is 16.1. The second-order valence-corrected chi connectivity index (χ2v) is 5.01. The molecular formula is C18H16N4O. The SMILES string of the molecule is C=C(/N=C1\CC=C(c2ccccc2)N1)NC(=O)c1cccnc1. The summed E-state index contributed by atoms with van der Waals surface area (Å²) in [5, 5.41) is 5.89. The molecule has 0 atom stereocenters. The number of hydrogen-bond acceptors (Lipinski definition) is 3. The summed E-state index contributed by atoms with van der Waals surface area (Å²) in [7, 11) is 0. The van der Waals surface area contributed by atoms with Crippen LogP contribution in [0.3, 0.4) is 0 Å². The zero-order valence-electron chi connectivity index (χ0n) is 12.5. The third-order valence-electron chi connectivity index (χ3n) is 3.31. The van der Waals surface area contributed by atoms with Crippen LogP contribution in [0.2, 0.25) is 0 Å². The average molecular weight is 304 g/mol. The highest BCUT2D eigenvalue weighted by Crippen LogP contribution is 2.17. The Balaban J connectivity index is 1.60. The minimum absolute atomic E-state index is 0.276. The Kier molecular flexibility index (Phi) is 4.29. The summed E-state index contributed by atoms with van der Waals surface area (Å²) in [4.78, 5) is 20.2. The average Bonchev–Trinajstić information content (AvgIpc) is 3.04. The number of aromatic nitrogens is 1. The predicted octanol–water partition coefficient (Wildman–Crippen LogP) is 2.72. The Morgan fingerprint density at radius 1 is 1.22 bits per heavy atom. The Labute approximate surface area is 134 Å². The van der Waals surface area contributed by atoms with Crippen LogP contribution < -0.4 is 10.6 Å². The molecule has 0 unspecified atom stereocenters. The summed E-state index contributed by atoms with van der Waals surface area (Å²) in [6, 6.07) is 13.4. The summed E-state index contributed by atoms with van der Waals surface area (Å²) < 4.78 is 0. The second-order valence-electron chi connectivity index (χ2n) is 5.01. The van der Waals surface area contributed by atoms with E-state index in [1.54, 1.807) is 18.3 Å². The van der Waals surface area contributed by atoms with E-state index in [9.17, 15) is 4.79 Å². The minimum Gasteiger partial charge on any atom is -0.343 e. The Morgan fingerprint density at radius 3 is 2.78 bits per heavy atom. The molecule has 0 bridgehead atoms. The van der Waals surface area contributed by atoms with E-state index in [1.165, 1.54) is 6.20 Å². The number of carbonyl (C=O) groups excluding carboxylic acids is 1. The van der Waals surface area contributed by atoms with Crippen LogP contribution in [0.15, 0.2) is 78.3 Å². The van der Waals surface area contributed by atoms with Gasteiger partial charge in [0.25, 0.3) is 5.91 Å². The van der Waals surface area contributed by atoms with Gasteiger partial charge >= 0.3 is 0 Å². The van der Waals surface area contributed by atoms with Crippen molar-refractivity contribution in [3.63, 3.8) is 0 Å². The van der Waals surface area contributed by atoms with Crippen LogP contribution in [0.5, 0.6) is 0 Å². The normalized spacial score (nSPS) is 15.0. The van der Waals surface area contributed by atoms with Gasteiger partial charge in [0, 0.05) is 24.5 Å². The third-order valence-corrected chi connectivity index (χ3v) is 3.31. The molecule has 0 fully saturated rings. The van der Waals surface area contributed by atoms with Gasteiger partial charge in [-0.25, -0.2) is 4.99 Å². The van der Waals surface area contributed by atoms with Crippen LogP contribution in [0.4, 0.5) is 0 Å². The van der Waals surface area contributed by atoms with Crippen molar-refractivity contribution in [2.75, 3.05) is 0 Å².